The molecule has 0 saturated heterocycles. The van der Waals surface area contributed by atoms with Crippen molar-refractivity contribution >= 4 is 17.5 Å². The first-order valence-electron chi connectivity index (χ1n) is 5.15. The van der Waals surface area contributed by atoms with Crippen LogP contribution < -0.4 is 0 Å². The molecular formula is C11H23ClPPd. The molecule has 0 nitrogen and oxygen atoms in total. The van der Waals surface area contributed by atoms with Crippen LogP contribution in [0.3, 0.4) is 0 Å². The minimum atomic E-state index is 0.129. The van der Waals surface area contributed by atoms with Crippen molar-refractivity contribution in [1.82, 2.24) is 0 Å². The van der Waals surface area contributed by atoms with Crippen molar-refractivity contribution in [2.24, 2.45) is 0 Å². The van der Waals surface area contributed by atoms with Gasteiger partial charge in [0.15, 0.2) is 0 Å². The molecule has 0 spiro atoms. The standard InChI is InChI=1S/C11H23P.ClH.Pd/c1-6-7-8-9-12(10(2)3)11(4)5;;/h8-11H,6-7H2,1-5H3;1H;/q;;+1/p-1. The molecule has 0 atom stereocenters. The van der Waals surface area contributed by atoms with E-state index < -0.39 is 0 Å². The van der Waals surface area contributed by atoms with Crippen LogP contribution in [-0.4, -0.2) is 11.3 Å². The molecule has 0 aromatic carbocycles. The third kappa shape index (κ3) is 9.67. The fourth-order valence-corrected chi connectivity index (χ4v) is 3.58. The van der Waals surface area contributed by atoms with Gasteiger partial charge in [-0.25, -0.2) is 0 Å². The molecule has 0 rings (SSSR count). The molecule has 0 saturated carbocycles. The Morgan fingerprint density at radius 1 is 1.14 bits per heavy atom. The van der Waals surface area contributed by atoms with Crippen molar-refractivity contribution < 1.29 is 18.2 Å². The molecule has 0 N–H and O–H groups in total. The van der Waals surface area contributed by atoms with Crippen molar-refractivity contribution in [3.63, 3.8) is 0 Å². The van der Waals surface area contributed by atoms with Crippen LogP contribution in [0.1, 0.15) is 47.5 Å². The van der Waals surface area contributed by atoms with Gasteiger partial charge in [-0.1, -0.05) is 60.9 Å². The fourth-order valence-electron chi connectivity index (χ4n) is 1.30. The average Bonchev–Trinajstić information content (AvgIpc) is 2.14. The molecule has 0 amide bonds. The predicted octanol–water partition coefficient (Wildman–Crippen LogP) is 5.29. The van der Waals surface area contributed by atoms with Gasteiger partial charge < -0.3 is 0 Å². The maximum atomic E-state index is 4.49. The van der Waals surface area contributed by atoms with Gasteiger partial charge in [0, 0.05) is 0 Å². The Labute approximate surface area is 106 Å². The van der Waals surface area contributed by atoms with Crippen molar-refractivity contribution in [2.45, 2.75) is 58.8 Å². The molecule has 0 aliphatic rings. The Morgan fingerprint density at radius 3 is 1.86 bits per heavy atom. The van der Waals surface area contributed by atoms with Gasteiger partial charge in [0.25, 0.3) is 0 Å². The minimum absolute atomic E-state index is 0.129. The third-order valence-corrected chi connectivity index (χ3v) is 4.87. The normalized spacial score (nSPS) is 11.4. The van der Waals surface area contributed by atoms with Gasteiger partial charge in [-0.15, -0.1) is 0 Å². The molecule has 89 valence electrons. The average molecular weight is 328 g/mol. The summed E-state index contributed by atoms with van der Waals surface area (Å²) >= 11 is 2.22. The van der Waals surface area contributed by atoms with Gasteiger partial charge in [0.05, 0.1) is 0 Å². The summed E-state index contributed by atoms with van der Waals surface area (Å²) in [4.78, 5) is 0. The molecule has 0 aromatic heterocycles. The molecule has 0 fully saturated rings. The Kier molecular flexibility index (Phi) is 15.3. The Morgan fingerprint density at radius 2 is 1.57 bits per heavy atom. The van der Waals surface area contributed by atoms with E-state index in [0.29, 0.717) is 0 Å². The van der Waals surface area contributed by atoms with Crippen LogP contribution in [0.25, 0.3) is 0 Å². The molecule has 0 unspecified atom stereocenters. The topological polar surface area (TPSA) is 0 Å². The molecule has 0 aliphatic carbocycles. The van der Waals surface area contributed by atoms with Crippen molar-refractivity contribution in [3.8, 4) is 0 Å². The zero-order chi connectivity index (χ0) is 11.6. The second kappa shape index (κ2) is 12.2. The van der Waals surface area contributed by atoms with Gasteiger partial charge in [-0.2, -0.15) is 0 Å². The molecule has 3 heteroatoms. The molecule has 0 radical (unpaired) electrons. The number of allylic oxidation sites excluding steroid dienone is 1. The summed E-state index contributed by atoms with van der Waals surface area (Å²) in [5.74, 6) is 2.47. The van der Waals surface area contributed by atoms with Gasteiger partial charge in [-0.3, -0.25) is 0 Å². The van der Waals surface area contributed by atoms with Crippen molar-refractivity contribution in [1.29, 1.82) is 0 Å². The summed E-state index contributed by atoms with van der Waals surface area (Å²) in [7, 11) is 4.62. The number of hydrogen-bond acceptors (Lipinski definition) is 0. The van der Waals surface area contributed by atoms with E-state index in [4.69, 9.17) is 0 Å². The Balaban J connectivity index is 0. The number of unbranched alkanes of at least 4 members (excludes halogenated alkanes) is 1. The van der Waals surface area contributed by atoms with E-state index in [0.717, 1.165) is 11.3 Å². The summed E-state index contributed by atoms with van der Waals surface area (Å²) in [5.41, 5.74) is 1.68. The van der Waals surface area contributed by atoms with Gasteiger partial charge >= 0.3 is 27.7 Å². The quantitative estimate of drug-likeness (QED) is 0.475. The summed E-state index contributed by atoms with van der Waals surface area (Å²) in [6, 6.07) is 0. The molecule has 0 aliphatic heterocycles. The summed E-state index contributed by atoms with van der Waals surface area (Å²) in [6.45, 7) is 11.6. The fraction of sp³-hybridized carbons (Fsp3) is 0.818. The van der Waals surface area contributed by atoms with Crippen molar-refractivity contribution in [3.05, 3.63) is 11.9 Å². The van der Waals surface area contributed by atoms with E-state index in [1.165, 1.54) is 12.8 Å². The monoisotopic (exact) mass is 327 g/mol. The SMILES string of the molecule is CCCC=CP(C(C)C)C(C)C.[Cl][Pd]. The Hall–Kier alpha value is 1.12. The van der Waals surface area contributed by atoms with Crippen molar-refractivity contribution in [2.75, 3.05) is 0 Å². The molecule has 0 aromatic rings. The maximum absolute atomic E-state index is 4.49. The van der Waals surface area contributed by atoms with E-state index in [2.05, 4.69) is 74.2 Å². The van der Waals surface area contributed by atoms with Gasteiger partial charge in [0.1, 0.15) is 0 Å². The van der Waals surface area contributed by atoms with Crippen LogP contribution in [0, 0.1) is 0 Å². The van der Waals surface area contributed by atoms with E-state index in [1.54, 1.807) is 0 Å². The second-order valence-corrected chi connectivity index (χ2v) is 7.07. The van der Waals surface area contributed by atoms with Crippen LogP contribution in [0.2, 0.25) is 0 Å². The van der Waals surface area contributed by atoms with Crippen LogP contribution in [0.4, 0.5) is 0 Å². The number of hydrogen-bond donors (Lipinski definition) is 0. The number of halogens is 1. The zero-order valence-corrected chi connectivity index (χ0v) is 13.1. The van der Waals surface area contributed by atoms with E-state index in [-0.39, 0.29) is 7.92 Å². The summed E-state index contributed by atoms with van der Waals surface area (Å²) in [6.07, 6.45) is 4.89. The molecule has 14 heavy (non-hydrogen) atoms. The molecule has 0 heterocycles. The van der Waals surface area contributed by atoms with Crippen LogP contribution in [-0.2, 0) is 18.2 Å². The summed E-state index contributed by atoms with van der Waals surface area (Å²) in [5, 5.41) is 0. The Bertz CT molecular complexity index is 127. The van der Waals surface area contributed by atoms with Crippen LogP contribution in [0.15, 0.2) is 11.9 Å². The molecular weight excluding hydrogens is 305 g/mol. The number of rotatable bonds is 5. The van der Waals surface area contributed by atoms with E-state index >= 15 is 0 Å². The zero-order valence-electron chi connectivity index (χ0n) is 9.87. The summed E-state index contributed by atoms with van der Waals surface area (Å²) < 4.78 is 0. The second-order valence-electron chi connectivity index (χ2n) is 3.81. The first kappa shape index (κ1) is 17.5. The van der Waals surface area contributed by atoms with E-state index in [9.17, 15) is 0 Å². The first-order valence-corrected chi connectivity index (χ1v) is 8.70. The van der Waals surface area contributed by atoms with Gasteiger partial charge in [0.2, 0.25) is 0 Å². The predicted molar refractivity (Wildman–Crippen MR) is 67.1 cm³/mol. The van der Waals surface area contributed by atoms with E-state index in [1.807, 2.05) is 0 Å². The van der Waals surface area contributed by atoms with Crippen LogP contribution in [0.5, 0.6) is 0 Å². The van der Waals surface area contributed by atoms with Gasteiger partial charge in [-0.05, 0) is 17.7 Å². The first-order chi connectivity index (χ1) is 6.59. The molecule has 0 bridgehead atoms. The van der Waals surface area contributed by atoms with Crippen LogP contribution >= 0.6 is 17.5 Å². The third-order valence-electron chi connectivity index (χ3n) is 1.93.